The van der Waals surface area contributed by atoms with Crippen molar-refractivity contribution >= 4 is 16.5 Å². The van der Waals surface area contributed by atoms with Crippen LogP contribution in [0.25, 0.3) is 0 Å². The monoisotopic (exact) mass is 384 g/mol. The van der Waals surface area contributed by atoms with Crippen molar-refractivity contribution in [3.8, 4) is 0 Å². The Kier molecular flexibility index (Phi) is 140. The first-order chi connectivity index (χ1) is 7.99. The van der Waals surface area contributed by atoms with E-state index >= 15 is 0 Å². The summed E-state index contributed by atoms with van der Waals surface area (Å²) in [7, 11) is -0.681. The van der Waals surface area contributed by atoms with Crippen LogP contribution in [0.4, 0.5) is 0 Å². The average molecular weight is 385 g/mol. The molecule has 0 aromatic carbocycles. The van der Waals surface area contributed by atoms with Crippen LogP contribution in [0, 0.1) is 0 Å². The van der Waals surface area contributed by atoms with Gasteiger partial charge in [0.25, 0.3) is 0 Å². The molecule has 0 aliphatic heterocycles. The third kappa shape index (κ3) is 103. The van der Waals surface area contributed by atoms with Gasteiger partial charge < -0.3 is 18.7 Å². The molecule has 0 saturated heterocycles. The molecule has 0 amide bonds. The Morgan fingerprint density at radius 1 is 0.609 bits per heavy atom. The fourth-order valence-corrected chi connectivity index (χ4v) is 1.28. The average Bonchev–Trinajstić information content (AvgIpc) is 2.19. The van der Waals surface area contributed by atoms with Crippen molar-refractivity contribution in [3.63, 3.8) is 0 Å². The maximum Gasteiger partial charge on any atom is 0.332 e. The summed E-state index contributed by atoms with van der Waals surface area (Å²) < 4.78 is 15.4. The molecule has 1 N–H and O–H groups in total. The first kappa shape index (κ1) is 56.5. The summed E-state index contributed by atoms with van der Waals surface area (Å²) in [5, 5.41) is 7.57. The minimum Gasteiger partial charge on any atom is -0.397 e. The fourth-order valence-electron chi connectivity index (χ4n) is 0.428. The van der Waals surface area contributed by atoms with E-state index in [1.165, 1.54) is 0 Å². The molecule has 0 unspecified atom stereocenters. The molecule has 0 aliphatic rings. The lowest BCUT2D eigenvalue weighted by Gasteiger charge is -2.12. The van der Waals surface area contributed by atoms with Crippen LogP contribution in [0.1, 0.15) is 72.3 Å². The topological polar surface area (TPSA) is 47.9 Å². The lowest BCUT2D eigenvalue weighted by molar-refractivity contribution is 0.176. The van der Waals surface area contributed by atoms with Crippen LogP contribution in [0.3, 0.4) is 0 Å². The van der Waals surface area contributed by atoms with Gasteiger partial charge in [0, 0.05) is 6.61 Å². The van der Waals surface area contributed by atoms with Gasteiger partial charge in [0.1, 0.15) is 0 Å². The molecule has 0 saturated carbocycles. The first-order valence-corrected chi connectivity index (χ1v) is 9.68. The van der Waals surface area contributed by atoms with Gasteiger partial charge in [0.05, 0.1) is 19.8 Å². The van der Waals surface area contributed by atoms with E-state index in [-0.39, 0.29) is 51.2 Å². The van der Waals surface area contributed by atoms with Crippen LogP contribution >= 0.6 is 16.5 Å². The molecule has 4 nitrogen and oxygen atoms in total. The van der Waals surface area contributed by atoms with Crippen LogP contribution in [0.15, 0.2) is 0 Å². The van der Waals surface area contributed by atoms with Gasteiger partial charge in [-0.1, -0.05) is 44.6 Å². The second-order valence-corrected chi connectivity index (χ2v) is 7.04. The Hall–Kier alpha value is 0.700. The van der Waals surface area contributed by atoms with Crippen LogP contribution in [-0.2, 0) is 13.6 Å². The van der Waals surface area contributed by atoms with Gasteiger partial charge in [-0.05, 0) is 47.7 Å². The van der Waals surface area contributed by atoms with Crippen molar-refractivity contribution in [2.45, 2.75) is 72.3 Å². The van der Waals surface area contributed by atoms with Gasteiger partial charge in [-0.15, -0.1) is 7.92 Å². The maximum absolute atomic E-state index is 7.57. The Balaban J connectivity index is -0.0000000190. The second-order valence-electron chi connectivity index (χ2n) is 3.13. The Bertz CT molecular complexity index is 102. The third-order valence-electron chi connectivity index (χ3n) is 0.704. The zero-order valence-corrected chi connectivity index (χ0v) is 14.2. The van der Waals surface area contributed by atoms with Crippen LogP contribution in [0.5, 0.6) is 0 Å². The Morgan fingerprint density at radius 3 is 0.826 bits per heavy atom. The van der Waals surface area contributed by atoms with E-state index < -0.39 is 8.60 Å². The summed E-state index contributed by atoms with van der Waals surface area (Å²) in [5.41, 5.74) is 0. The van der Waals surface area contributed by atoms with Crippen molar-refractivity contribution in [1.29, 1.82) is 0 Å². The maximum atomic E-state index is 7.57. The zero-order chi connectivity index (χ0) is 14.1. The van der Waals surface area contributed by atoms with E-state index in [1.807, 2.05) is 20.8 Å². The standard InChI is InChI=1S/C6H15O3P.C3H9P.C2H6O.6CH4/c1-4-7-10(8-5-2)9-6-3;1-4(2)3;1-2-3;;;;;;/h4-6H2,1-3H3;1-3H3;3H,2H2,1H3;6*1H4. The summed E-state index contributed by atoms with van der Waals surface area (Å²) in [6.45, 7) is 16.3. The van der Waals surface area contributed by atoms with E-state index in [4.69, 9.17) is 18.7 Å². The van der Waals surface area contributed by atoms with Crippen molar-refractivity contribution in [3.05, 3.63) is 0 Å². The SMILES string of the molecule is C.C.C.C.C.C.CCO.CCOP(OCC)OCC.CP(C)C. The molecule has 0 fully saturated rings. The highest BCUT2D eigenvalue weighted by atomic mass is 31.2. The van der Waals surface area contributed by atoms with Crippen molar-refractivity contribution < 1.29 is 18.7 Å². The molecule has 23 heavy (non-hydrogen) atoms. The van der Waals surface area contributed by atoms with E-state index in [1.54, 1.807) is 6.92 Å². The summed E-state index contributed by atoms with van der Waals surface area (Å²) in [6, 6.07) is 0. The molecule has 0 atom stereocenters. The highest BCUT2D eigenvalue weighted by molar-refractivity contribution is 7.55. The molecule has 0 aromatic rings. The second kappa shape index (κ2) is 57.0. The summed E-state index contributed by atoms with van der Waals surface area (Å²) >= 11 is 0. The quantitative estimate of drug-likeness (QED) is 0.482. The molecular weight excluding hydrogens is 330 g/mol. The number of rotatable bonds is 6. The number of hydrogen-bond acceptors (Lipinski definition) is 4. The van der Waals surface area contributed by atoms with Crippen LogP contribution in [0.2, 0.25) is 0 Å². The molecule has 0 rings (SSSR count). The minimum absolute atomic E-state index is 0. The van der Waals surface area contributed by atoms with Gasteiger partial charge in [-0.25, -0.2) is 0 Å². The van der Waals surface area contributed by atoms with Gasteiger partial charge in [-0.3, -0.25) is 0 Å². The summed E-state index contributed by atoms with van der Waals surface area (Å²) in [6.07, 6.45) is 0. The number of aliphatic hydroxyl groups is 1. The van der Waals surface area contributed by atoms with Gasteiger partial charge in [-0.2, -0.15) is 0 Å². The predicted molar refractivity (Wildman–Crippen MR) is 120 cm³/mol. The van der Waals surface area contributed by atoms with E-state index in [9.17, 15) is 0 Å². The molecule has 0 aliphatic carbocycles. The van der Waals surface area contributed by atoms with E-state index in [0.29, 0.717) is 27.7 Å². The molecule has 156 valence electrons. The fraction of sp³-hybridized carbons (Fsp3) is 1.00. The van der Waals surface area contributed by atoms with E-state index in [2.05, 4.69) is 20.0 Å². The Morgan fingerprint density at radius 2 is 0.739 bits per heavy atom. The molecular formula is C17H54O4P2. The minimum atomic E-state index is -1.06. The lowest BCUT2D eigenvalue weighted by Crippen LogP contribution is -1.94. The highest BCUT2D eigenvalue weighted by Crippen LogP contribution is 2.38. The molecule has 6 heteroatoms. The molecule has 0 heterocycles. The first-order valence-electron chi connectivity index (χ1n) is 5.90. The number of aliphatic hydroxyl groups excluding tert-OH is 1. The molecule has 0 bridgehead atoms. The van der Waals surface area contributed by atoms with Crippen LogP contribution in [-0.4, -0.2) is 51.5 Å². The van der Waals surface area contributed by atoms with Crippen molar-refractivity contribution in [2.24, 2.45) is 0 Å². The normalized spacial score (nSPS) is 7.04. The van der Waals surface area contributed by atoms with Crippen molar-refractivity contribution in [1.82, 2.24) is 0 Å². The lowest BCUT2D eigenvalue weighted by atomic mass is 10.9. The molecule has 0 radical (unpaired) electrons. The van der Waals surface area contributed by atoms with E-state index in [0.717, 1.165) is 0 Å². The van der Waals surface area contributed by atoms with Crippen molar-refractivity contribution in [2.75, 3.05) is 46.4 Å². The van der Waals surface area contributed by atoms with Gasteiger partial charge in [0.15, 0.2) is 0 Å². The highest BCUT2D eigenvalue weighted by Gasteiger charge is 2.07. The summed E-state index contributed by atoms with van der Waals surface area (Å²) in [5.74, 6) is 0. The van der Waals surface area contributed by atoms with Crippen LogP contribution < -0.4 is 0 Å². The predicted octanol–water partition coefficient (Wildman–Crippen LogP) is 7.50. The summed E-state index contributed by atoms with van der Waals surface area (Å²) in [4.78, 5) is 0. The van der Waals surface area contributed by atoms with Gasteiger partial charge in [0.2, 0.25) is 0 Å². The molecule has 0 aromatic heterocycles. The largest absolute Gasteiger partial charge is 0.397 e. The zero-order valence-electron chi connectivity index (χ0n) is 12.4. The molecule has 0 spiro atoms. The smallest absolute Gasteiger partial charge is 0.332 e. The van der Waals surface area contributed by atoms with Gasteiger partial charge >= 0.3 is 8.60 Å². The third-order valence-corrected chi connectivity index (χ3v) is 2.11. The number of hydrogen-bond donors (Lipinski definition) is 1. The Labute approximate surface area is 154 Å².